The Morgan fingerprint density at radius 1 is 1.13 bits per heavy atom. The van der Waals surface area contributed by atoms with Crippen LogP contribution in [-0.4, -0.2) is 78.2 Å². The normalized spacial score (nSPS) is 21.6. The first-order valence-electron chi connectivity index (χ1n) is 12.6. The highest BCUT2D eigenvalue weighted by Crippen LogP contribution is 2.29. The summed E-state index contributed by atoms with van der Waals surface area (Å²) in [6, 6.07) is 5.33. The molecule has 1 aliphatic carbocycles. The third kappa shape index (κ3) is 7.27. The van der Waals surface area contributed by atoms with Crippen molar-refractivity contribution < 1.29 is 19.2 Å². The number of benzene rings is 1. The molecule has 2 aliphatic rings. The number of hydrogen-bond donors (Lipinski definition) is 3. The van der Waals surface area contributed by atoms with Crippen molar-refractivity contribution in [3.63, 3.8) is 0 Å². The van der Waals surface area contributed by atoms with Gasteiger partial charge in [0.2, 0.25) is 17.7 Å². The first kappa shape index (κ1) is 30.8. The molecule has 0 bridgehead atoms. The third-order valence-electron chi connectivity index (χ3n) is 7.15. The second kappa shape index (κ2) is 13.1. The maximum atomic E-state index is 13.3. The topological polar surface area (TPSA) is 138 Å². The molecule has 1 aromatic carbocycles. The van der Waals surface area contributed by atoms with Crippen LogP contribution in [0.2, 0.25) is 5.02 Å². The molecule has 0 radical (unpaired) electrons. The van der Waals surface area contributed by atoms with Gasteiger partial charge in [-0.3, -0.25) is 19.2 Å². The van der Waals surface area contributed by atoms with Gasteiger partial charge >= 0.3 is 0 Å². The Kier molecular flexibility index (Phi) is 10.3. The van der Waals surface area contributed by atoms with Gasteiger partial charge in [0.1, 0.15) is 5.92 Å². The lowest BCUT2D eigenvalue weighted by Gasteiger charge is -2.37. The molecule has 0 spiro atoms. The van der Waals surface area contributed by atoms with Gasteiger partial charge in [-0.25, -0.2) is 4.98 Å². The van der Waals surface area contributed by atoms with Gasteiger partial charge in [0, 0.05) is 55.5 Å². The van der Waals surface area contributed by atoms with Gasteiger partial charge in [-0.15, -0.1) is 23.7 Å². The Morgan fingerprint density at radius 2 is 1.82 bits per heavy atom. The summed E-state index contributed by atoms with van der Waals surface area (Å²) >= 11 is 7.33. The molecule has 1 unspecified atom stereocenters. The van der Waals surface area contributed by atoms with E-state index in [2.05, 4.69) is 20.5 Å². The lowest BCUT2D eigenvalue weighted by Crippen LogP contribution is -2.57. The summed E-state index contributed by atoms with van der Waals surface area (Å²) in [5.41, 5.74) is 6.96. The average Bonchev–Trinajstić information content (AvgIpc) is 3.29. The molecular weight excluding hydrogens is 563 g/mol. The SMILES string of the molecule is CN1CCc2nc(C(=O)N[C@@H]3C[C@@H](C(=O)N(C)C)CC[C@@H]3NC(=O)C(C(N)=O)c3ccc(Cl)cc3)sc2C1.Cl. The summed E-state index contributed by atoms with van der Waals surface area (Å²) in [6.45, 7) is 1.64. The fourth-order valence-corrected chi connectivity index (χ4v) is 6.33. The quantitative estimate of drug-likeness (QED) is 0.418. The zero-order chi connectivity index (χ0) is 27.6. The van der Waals surface area contributed by atoms with Crippen LogP contribution in [0.25, 0.3) is 0 Å². The van der Waals surface area contributed by atoms with Gasteiger partial charge in [-0.2, -0.15) is 0 Å². The smallest absolute Gasteiger partial charge is 0.280 e. The van der Waals surface area contributed by atoms with Crippen molar-refractivity contribution in [2.75, 3.05) is 27.7 Å². The molecule has 1 aliphatic heterocycles. The van der Waals surface area contributed by atoms with Crippen LogP contribution in [0.4, 0.5) is 0 Å². The van der Waals surface area contributed by atoms with E-state index in [0.29, 0.717) is 34.9 Å². The van der Waals surface area contributed by atoms with Crippen LogP contribution in [0, 0.1) is 5.92 Å². The van der Waals surface area contributed by atoms with Crippen LogP contribution < -0.4 is 16.4 Å². The van der Waals surface area contributed by atoms with E-state index in [-0.39, 0.29) is 30.1 Å². The summed E-state index contributed by atoms with van der Waals surface area (Å²) in [4.78, 5) is 60.9. The Hall–Kier alpha value is -2.73. The van der Waals surface area contributed by atoms with E-state index in [1.54, 1.807) is 38.4 Å². The molecular formula is C26H34Cl2N6O4S. The van der Waals surface area contributed by atoms with E-state index in [9.17, 15) is 19.2 Å². The van der Waals surface area contributed by atoms with Crippen molar-refractivity contribution in [3.8, 4) is 0 Å². The molecule has 0 saturated heterocycles. The molecule has 1 fully saturated rings. The lowest BCUT2D eigenvalue weighted by molar-refractivity contribution is -0.134. The number of fused-ring (bicyclic) bond motifs is 1. The van der Waals surface area contributed by atoms with Gasteiger partial charge < -0.3 is 26.2 Å². The number of rotatable bonds is 7. The molecule has 2 aromatic rings. The van der Waals surface area contributed by atoms with E-state index >= 15 is 0 Å². The van der Waals surface area contributed by atoms with Crippen LogP contribution >= 0.6 is 35.3 Å². The van der Waals surface area contributed by atoms with Crippen molar-refractivity contribution in [1.29, 1.82) is 0 Å². The summed E-state index contributed by atoms with van der Waals surface area (Å²) in [6.07, 6.45) is 2.13. The Bertz CT molecular complexity index is 1220. The largest absolute Gasteiger partial charge is 0.369 e. The average molecular weight is 598 g/mol. The molecule has 212 valence electrons. The van der Waals surface area contributed by atoms with Crippen LogP contribution in [0.1, 0.15) is 51.1 Å². The molecule has 4 rings (SSSR count). The molecule has 2 heterocycles. The van der Waals surface area contributed by atoms with Gasteiger partial charge in [0.15, 0.2) is 5.01 Å². The second-order valence-electron chi connectivity index (χ2n) is 10.2. The van der Waals surface area contributed by atoms with Crippen molar-refractivity contribution in [3.05, 3.63) is 50.4 Å². The van der Waals surface area contributed by atoms with E-state index in [1.807, 2.05) is 7.05 Å². The predicted octanol–water partition coefficient (Wildman–Crippen LogP) is 1.95. The molecule has 1 saturated carbocycles. The van der Waals surface area contributed by atoms with Gasteiger partial charge in [-0.05, 0) is 44.0 Å². The van der Waals surface area contributed by atoms with E-state index in [4.69, 9.17) is 17.3 Å². The number of nitrogens with zero attached hydrogens (tertiary/aromatic N) is 3. The van der Waals surface area contributed by atoms with Crippen LogP contribution in [-0.2, 0) is 27.3 Å². The summed E-state index contributed by atoms with van der Waals surface area (Å²) in [7, 11) is 5.43. The number of thiazole rings is 1. The Labute approximate surface area is 243 Å². The van der Waals surface area contributed by atoms with Crippen LogP contribution in [0.3, 0.4) is 0 Å². The molecule has 4 N–H and O–H groups in total. The number of primary amides is 1. The van der Waals surface area contributed by atoms with Crippen LogP contribution in [0.15, 0.2) is 24.3 Å². The molecule has 39 heavy (non-hydrogen) atoms. The fourth-order valence-electron chi connectivity index (χ4n) is 5.11. The third-order valence-corrected chi connectivity index (χ3v) is 8.48. The van der Waals surface area contributed by atoms with Crippen molar-refractivity contribution in [2.45, 2.75) is 50.2 Å². The minimum Gasteiger partial charge on any atom is -0.369 e. The number of hydrogen-bond acceptors (Lipinski definition) is 7. The van der Waals surface area contributed by atoms with Crippen LogP contribution in [0.5, 0.6) is 0 Å². The van der Waals surface area contributed by atoms with Gasteiger partial charge in [-0.1, -0.05) is 23.7 Å². The van der Waals surface area contributed by atoms with E-state index < -0.39 is 29.8 Å². The highest BCUT2D eigenvalue weighted by Gasteiger charge is 2.38. The number of amides is 4. The lowest BCUT2D eigenvalue weighted by atomic mass is 9.81. The Morgan fingerprint density at radius 3 is 2.46 bits per heavy atom. The maximum Gasteiger partial charge on any atom is 0.280 e. The van der Waals surface area contributed by atoms with Crippen molar-refractivity contribution in [1.82, 2.24) is 25.4 Å². The highest BCUT2D eigenvalue weighted by atomic mass is 35.5. The summed E-state index contributed by atoms with van der Waals surface area (Å²) in [5, 5.41) is 6.79. The second-order valence-corrected chi connectivity index (χ2v) is 11.7. The van der Waals surface area contributed by atoms with E-state index in [1.165, 1.54) is 16.2 Å². The summed E-state index contributed by atoms with van der Waals surface area (Å²) in [5.74, 6) is -3.23. The van der Waals surface area contributed by atoms with Gasteiger partial charge in [0.05, 0.1) is 11.7 Å². The standard InChI is InChI=1S/C26H33ClN6O4S.ClH/c1-32(2)26(37)15-6-9-17(29-23(35)21(22(28)34)14-4-7-16(27)8-5-14)19(12-15)30-24(36)25-31-18-10-11-33(3)13-20(18)38-25;/h4-5,7-8,15,17,19,21H,6,9-13H2,1-3H3,(H2,28,34)(H,29,35)(H,30,36);1H/t15-,17-,19+,21?;/m0./s1. The number of aromatic nitrogens is 1. The number of carbonyl (C=O) groups excluding carboxylic acids is 4. The minimum absolute atomic E-state index is 0. The molecule has 4 amide bonds. The number of nitrogens with two attached hydrogens (primary N) is 1. The van der Waals surface area contributed by atoms with Crippen molar-refractivity contribution >= 4 is 59.0 Å². The fraction of sp³-hybridized carbons (Fsp3) is 0.500. The first-order valence-corrected chi connectivity index (χ1v) is 13.8. The minimum atomic E-state index is -1.22. The maximum absolute atomic E-state index is 13.3. The van der Waals surface area contributed by atoms with Crippen molar-refractivity contribution in [2.24, 2.45) is 11.7 Å². The number of halogens is 2. The van der Waals surface area contributed by atoms with Gasteiger partial charge in [0.25, 0.3) is 5.91 Å². The molecule has 4 atom stereocenters. The summed E-state index contributed by atoms with van der Waals surface area (Å²) < 4.78 is 0. The number of likely N-dealkylation sites (N-methyl/N-ethyl adjacent to an activating group) is 1. The highest BCUT2D eigenvalue weighted by molar-refractivity contribution is 7.13. The van der Waals surface area contributed by atoms with E-state index in [0.717, 1.165) is 30.1 Å². The molecule has 1 aromatic heterocycles. The molecule has 13 heteroatoms. The zero-order valence-electron chi connectivity index (χ0n) is 22.1. The zero-order valence-corrected chi connectivity index (χ0v) is 24.5. The number of carbonyl (C=O) groups is 4. The molecule has 10 nitrogen and oxygen atoms in total. The number of nitrogens with one attached hydrogen (secondary N) is 2. The first-order chi connectivity index (χ1) is 18.0. The predicted molar refractivity (Wildman–Crippen MR) is 152 cm³/mol. The monoisotopic (exact) mass is 596 g/mol. The Balaban J connectivity index is 0.00000420.